The molecule has 188 valence electrons. The quantitative estimate of drug-likeness (QED) is 0.472. The number of methoxy groups -OCH3 is 2. The van der Waals surface area contributed by atoms with Gasteiger partial charge in [0.05, 0.1) is 38.4 Å². The standard InChI is InChI=1S/C26H28N4O6/c1-35-19-7-3-17(4-8-19)29-23(31)15-21(25(29)33)27-11-13-28(14-12-27)22-16-24(32)30(26(22)34)18-5-9-20(36-2)10-6-18/h3-10,21-22H,11-16H2,1-2H3/p+2/t21-,22-/m0/s1. The molecule has 0 saturated carbocycles. The van der Waals surface area contributed by atoms with Crippen LogP contribution in [0.3, 0.4) is 0 Å². The average Bonchev–Trinajstić information content (AvgIpc) is 3.38. The number of benzene rings is 2. The Balaban J connectivity index is 1.21. The van der Waals surface area contributed by atoms with Crippen molar-refractivity contribution >= 4 is 35.0 Å². The lowest BCUT2D eigenvalue weighted by Gasteiger charge is -2.34. The lowest BCUT2D eigenvalue weighted by atomic mass is 10.1. The number of piperazine rings is 1. The third-order valence-electron chi connectivity index (χ3n) is 7.47. The van der Waals surface area contributed by atoms with Crippen LogP contribution in [0.15, 0.2) is 48.5 Å². The zero-order chi connectivity index (χ0) is 25.4. The summed E-state index contributed by atoms with van der Waals surface area (Å²) in [6.45, 7) is 2.60. The second-order valence-electron chi connectivity index (χ2n) is 9.36. The van der Waals surface area contributed by atoms with Crippen LogP contribution in [0, 0.1) is 0 Å². The van der Waals surface area contributed by atoms with Gasteiger partial charge in [0.25, 0.3) is 11.8 Å². The first-order valence-corrected chi connectivity index (χ1v) is 12.1. The van der Waals surface area contributed by atoms with Crippen molar-refractivity contribution < 1.29 is 38.5 Å². The molecule has 3 saturated heterocycles. The molecule has 0 aliphatic carbocycles. The minimum absolute atomic E-state index is 0.168. The summed E-state index contributed by atoms with van der Waals surface area (Å²) in [6.07, 6.45) is 0.337. The number of hydrogen-bond donors (Lipinski definition) is 2. The summed E-state index contributed by atoms with van der Waals surface area (Å²) in [5, 5.41) is 0. The monoisotopic (exact) mass is 494 g/mol. The summed E-state index contributed by atoms with van der Waals surface area (Å²) >= 11 is 0. The van der Waals surface area contributed by atoms with Crippen LogP contribution in [0.1, 0.15) is 12.8 Å². The molecule has 2 aromatic rings. The van der Waals surface area contributed by atoms with Gasteiger partial charge in [0, 0.05) is 0 Å². The lowest BCUT2D eigenvalue weighted by molar-refractivity contribution is -1.02. The molecule has 0 bridgehead atoms. The van der Waals surface area contributed by atoms with Gasteiger partial charge in [-0.15, -0.1) is 0 Å². The molecule has 0 radical (unpaired) electrons. The first-order valence-electron chi connectivity index (χ1n) is 12.1. The van der Waals surface area contributed by atoms with Crippen molar-refractivity contribution in [3.05, 3.63) is 48.5 Å². The van der Waals surface area contributed by atoms with Crippen LogP contribution in [-0.4, -0.2) is 76.1 Å². The maximum Gasteiger partial charge on any atom is 0.292 e. The fraction of sp³-hybridized carbons (Fsp3) is 0.385. The maximum absolute atomic E-state index is 13.2. The van der Waals surface area contributed by atoms with Crippen LogP contribution in [0.4, 0.5) is 11.4 Å². The van der Waals surface area contributed by atoms with Crippen molar-refractivity contribution in [2.24, 2.45) is 0 Å². The smallest absolute Gasteiger partial charge is 0.292 e. The van der Waals surface area contributed by atoms with Crippen LogP contribution in [-0.2, 0) is 19.2 Å². The van der Waals surface area contributed by atoms with Crippen LogP contribution in [0.25, 0.3) is 0 Å². The number of nitrogens with zero attached hydrogens (tertiary/aromatic N) is 2. The van der Waals surface area contributed by atoms with E-state index in [1.807, 2.05) is 0 Å². The molecular weight excluding hydrogens is 464 g/mol. The largest absolute Gasteiger partial charge is 0.497 e. The van der Waals surface area contributed by atoms with E-state index >= 15 is 0 Å². The number of imide groups is 2. The van der Waals surface area contributed by atoms with E-state index in [1.165, 1.54) is 9.80 Å². The molecule has 0 aromatic heterocycles. The van der Waals surface area contributed by atoms with Gasteiger partial charge in [-0.1, -0.05) is 0 Å². The molecule has 5 rings (SSSR count). The molecule has 2 atom stereocenters. The van der Waals surface area contributed by atoms with Gasteiger partial charge >= 0.3 is 0 Å². The third kappa shape index (κ3) is 4.22. The molecule has 10 heteroatoms. The highest BCUT2D eigenvalue weighted by molar-refractivity contribution is 6.22. The van der Waals surface area contributed by atoms with E-state index in [-0.39, 0.29) is 36.5 Å². The van der Waals surface area contributed by atoms with Gasteiger partial charge in [-0.2, -0.15) is 0 Å². The van der Waals surface area contributed by atoms with E-state index in [1.54, 1.807) is 62.8 Å². The number of ether oxygens (including phenoxy) is 2. The molecule has 0 spiro atoms. The number of quaternary nitrogens is 2. The molecule has 3 aliphatic heterocycles. The number of nitrogens with one attached hydrogen (secondary N) is 2. The summed E-state index contributed by atoms with van der Waals surface area (Å²) in [5.41, 5.74) is 1.09. The predicted octanol–water partition coefficient (Wildman–Crippen LogP) is -1.55. The summed E-state index contributed by atoms with van der Waals surface area (Å²) in [7, 11) is 3.13. The average molecular weight is 495 g/mol. The topological polar surface area (TPSA) is 102 Å². The normalized spacial score (nSPS) is 26.6. The van der Waals surface area contributed by atoms with E-state index in [0.717, 1.165) is 9.80 Å². The number of carbonyl (C=O) groups is 4. The van der Waals surface area contributed by atoms with Crippen molar-refractivity contribution in [2.75, 3.05) is 50.2 Å². The van der Waals surface area contributed by atoms with Crippen LogP contribution >= 0.6 is 0 Å². The van der Waals surface area contributed by atoms with E-state index < -0.39 is 12.1 Å². The van der Waals surface area contributed by atoms with E-state index in [4.69, 9.17) is 9.47 Å². The number of amides is 4. The minimum atomic E-state index is -0.433. The van der Waals surface area contributed by atoms with Crippen molar-refractivity contribution in [1.82, 2.24) is 0 Å². The number of hydrogen-bond acceptors (Lipinski definition) is 6. The number of anilines is 2. The summed E-state index contributed by atoms with van der Waals surface area (Å²) in [6, 6.07) is 12.9. The highest BCUT2D eigenvalue weighted by Gasteiger charge is 2.50. The Morgan fingerprint density at radius 1 is 0.611 bits per heavy atom. The Hall–Kier alpha value is -3.76. The van der Waals surface area contributed by atoms with Crippen LogP contribution in [0.2, 0.25) is 0 Å². The Morgan fingerprint density at radius 2 is 0.944 bits per heavy atom. The van der Waals surface area contributed by atoms with Gasteiger partial charge in [-0.3, -0.25) is 19.2 Å². The zero-order valence-electron chi connectivity index (χ0n) is 20.4. The Morgan fingerprint density at radius 3 is 1.25 bits per heavy atom. The SMILES string of the molecule is COc1ccc(N2C(=O)C[C@H]([NH+]3CC[NH+]([C@H]4CC(=O)N(c5ccc(OC)cc5)C4=O)CC3)C2=O)cc1. The number of carbonyl (C=O) groups excluding carboxylic acids is 4. The molecule has 3 heterocycles. The second-order valence-corrected chi connectivity index (χ2v) is 9.36. The lowest BCUT2D eigenvalue weighted by Crippen LogP contribution is -3.31. The molecule has 3 aliphatic rings. The number of rotatable bonds is 6. The molecule has 2 N–H and O–H groups in total. The van der Waals surface area contributed by atoms with Gasteiger partial charge in [-0.25, -0.2) is 9.80 Å². The molecular formula is C26H30N4O6+2. The predicted molar refractivity (Wildman–Crippen MR) is 129 cm³/mol. The zero-order valence-corrected chi connectivity index (χ0v) is 20.4. The molecule has 36 heavy (non-hydrogen) atoms. The molecule has 4 amide bonds. The van der Waals surface area contributed by atoms with Crippen molar-refractivity contribution in [1.29, 1.82) is 0 Å². The first kappa shape index (κ1) is 24.0. The fourth-order valence-electron chi connectivity index (χ4n) is 5.50. The summed E-state index contributed by atoms with van der Waals surface area (Å²) in [5.74, 6) is 0.519. The maximum atomic E-state index is 13.2. The summed E-state index contributed by atoms with van der Waals surface area (Å²) in [4.78, 5) is 56.4. The minimum Gasteiger partial charge on any atom is -0.497 e. The third-order valence-corrected chi connectivity index (χ3v) is 7.47. The molecule has 2 aromatic carbocycles. The van der Waals surface area contributed by atoms with E-state index in [2.05, 4.69) is 0 Å². The van der Waals surface area contributed by atoms with Gasteiger partial charge in [0.1, 0.15) is 37.7 Å². The van der Waals surface area contributed by atoms with Crippen molar-refractivity contribution in [3.8, 4) is 11.5 Å². The molecule has 3 fully saturated rings. The second kappa shape index (κ2) is 9.71. The van der Waals surface area contributed by atoms with Gasteiger partial charge < -0.3 is 19.3 Å². The van der Waals surface area contributed by atoms with Gasteiger partial charge in [0.15, 0.2) is 12.1 Å². The highest BCUT2D eigenvalue weighted by Crippen LogP contribution is 2.25. The molecule has 0 unspecified atom stereocenters. The van der Waals surface area contributed by atoms with Crippen molar-refractivity contribution in [3.63, 3.8) is 0 Å². The Kier molecular flexibility index (Phi) is 6.46. The fourth-order valence-corrected chi connectivity index (χ4v) is 5.50. The van der Waals surface area contributed by atoms with Gasteiger partial charge in [0.2, 0.25) is 11.8 Å². The van der Waals surface area contributed by atoms with Gasteiger partial charge in [-0.05, 0) is 48.5 Å². The highest BCUT2D eigenvalue weighted by atomic mass is 16.5. The Labute approximate surface area is 208 Å². The summed E-state index contributed by atoms with van der Waals surface area (Å²) < 4.78 is 10.3. The van der Waals surface area contributed by atoms with Crippen molar-refractivity contribution in [2.45, 2.75) is 24.9 Å². The van der Waals surface area contributed by atoms with E-state index in [0.29, 0.717) is 49.1 Å². The van der Waals surface area contributed by atoms with Crippen LogP contribution in [0.5, 0.6) is 11.5 Å². The molecule has 10 nitrogen and oxygen atoms in total. The van der Waals surface area contributed by atoms with Crippen LogP contribution < -0.4 is 29.1 Å². The van der Waals surface area contributed by atoms with E-state index in [9.17, 15) is 19.2 Å². The first-order chi connectivity index (χ1) is 17.4. The Bertz CT molecular complexity index is 1080.